The second-order valence-electron chi connectivity index (χ2n) is 5.34. The van der Waals surface area contributed by atoms with Gasteiger partial charge in [0.2, 0.25) is 6.79 Å². The van der Waals surface area contributed by atoms with E-state index in [1.54, 1.807) is 11.8 Å². The largest absolute Gasteiger partial charge is 0.454 e. The van der Waals surface area contributed by atoms with Gasteiger partial charge >= 0.3 is 0 Å². The lowest BCUT2D eigenvalue weighted by Crippen LogP contribution is -2.30. The minimum atomic E-state index is 0.0102. The molecule has 1 saturated heterocycles. The molecule has 0 bridgehead atoms. The first-order chi connectivity index (χ1) is 11.2. The van der Waals surface area contributed by atoms with Gasteiger partial charge in [0.1, 0.15) is 5.37 Å². The zero-order valence-corrected chi connectivity index (χ0v) is 14.6. The predicted molar refractivity (Wildman–Crippen MR) is 92.9 cm³/mol. The second-order valence-corrected chi connectivity index (χ2v) is 7.45. The van der Waals surface area contributed by atoms with Crippen LogP contribution in [-0.4, -0.2) is 29.9 Å². The van der Waals surface area contributed by atoms with Gasteiger partial charge in [0, 0.05) is 22.3 Å². The zero-order valence-electron chi connectivity index (χ0n) is 12.2. The summed E-state index contributed by atoms with van der Waals surface area (Å²) in [4.78, 5) is 14.8. The molecule has 4 rings (SSSR count). The molecule has 0 spiro atoms. The lowest BCUT2D eigenvalue weighted by molar-refractivity contribution is 0.0760. The lowest BCUT2D eigenvalue weighted by Gasteiger charge is -2.24. The molecule has 23 heavy (non-hydrogen) atoms. The summed E-state index contributed by atoms with van der Waals surface area (Å²) < 4.78 is 11.7. The first-order valence-electron chi connectivity index (χ1n) is 7.30. The molecule has 0 N–H and O–H groups in total. The molecule has 0 aliphatic carbocycles. The number of nitrogens with zero attached hydrogens (tertiary/aromatic N) is 1. The molecule has 118 valence electrons. The molecular formula is C17H14BrNO3S. The number of thioether (sulfide) groups is 1. The summed E-state index contributed by atoms with van der Waals surface area (Å²) in [7, 11) is 0. The van der Waals surface area contributed by atoms with Crippen LogP contribution in [0.15, 0.2) is 46.9 Å². The quantitative estimate of drug-likeness (QED) is 0.773. The van der Waals surface area contributed by atoms with E-state index < -0.39 is 0 Å². The summed E-state index contributed by atoms with van der Waals surface area (Å²) in [5.74, 6) is 2.50. The van der Waals surface area contributed by atoms with E-state index in [1.165, 1.54) is 0 Å². The fraction of sp³-hybridized carbons (Fsp3) is 0.235. The molecule has 6 heteroatoms. The number of hydrogen-bond acceptors (Lipinski definition) is 4. The number of hydrogen-bond donors (Lipinski definition) is 0. The molecule has 2 aliphatic heterocycles. The van der Waals surface area contributed by atoms with Crippen LogP contribution in [0.2, 0.25) is 0 Å². The molecular weight excluding hydrogens is 378 g/mol. The van der Waals surface area contributed by atoms with Gasteiger partial charge in [-0.1, -0.05) is 28.1 Å². The van der Waals surface area contributed by atoms with Gasteiger partial charge in [-0.2, -0.15) is 0 Å². The van der Waals surface area contributed by atoms with Crippen LogP contribution in [0.3, 0.4) is 0 Å². The highest BCUT2D eigenvalue weighted by Gasteiger charge is 2.32. The predicted octanol–water partition coefficient (Wildman–Crippen LogP) is 4.07. The maximum absolute atomic E-state index is 12.9. The van der Waals surface area contributed by atoms with Crippen molar-refractivity contribution < 1.29 is 14.3 Å². The van der Waals surface area contributed by atoms with Gasteiger partial charge in [-0.15, -0.1) is 11.8 Å². The Bertz CT molecular complexity index is 767. The minimum Gasteiger partial charge on any atom is -0.454 e. The maximum Gasteiger partial charge on any atom is 0.255 e. The number of ether oxygens (including phenoxy) is 2. The molecule has 4 nitrogen and oxygen atoms in total. The molecule has 1 atom stereocenters. The summed E-state index contributed by atoms with van der Waals surface area (Å²) in [5.41, 5.74) is 1.77. The Labute approximate surface area is 146 Å². The minimum absolute atomic E-state index is 0.0102. The third-order valence-electron chi connectivity index (χ3n) is 3.91. The summed E-state index contributed by atoms with van der Waals surface area (Å²) in [6, 6.07) is 13.4. The van der Waals surface area contributed by atoms with Crippen molar-refractivity contribution in [2.45, 2.75) is 5.37 Å². The van der Waals surface area contributed by atoms with Gasteiger partial charge in [-0.25, -0.2) is 0 Å². The number of carbonyl (C=O) groups excluding carboxylic acids is 1. The summed E-state index contributed by atoms with van der Waals surface area (Å²) in [6.45, 7) is 1.01. The fourth-order valence-electron chi connectivity index (χ4n) is 2.81. The van der Waals surface area contributed by atoms with E-state index in [4.69, 9.17) is 9.47 Å². The van der Waals surface area contributed by atoms with Crippen LogP contribution in [-0.2, 0) is 0 Å². The van der Waals surface area contributed by atoms with Crippen LogP contribution in [0.4, 0.5) is 0 Å². The van der Waals surface area contributed by atoms with Gasteiger partial charge < -0.3 is 14.4 Å². The first kappa shape index (κ1) is 14.9. The van der Waals surface area contributed by atoms with Crippen LogP contribution >= 0.6 is 27.7 Å². The van der Waals surface area contributed by atoms with E-state index in [9.17, 15) is 4.79 Å². The van der Waals surface area contributed by atoms with Gasteiger partial charge in [0.15, 0.2) is 11.5 Å². The average Bonchev–Trinajstić information content (AvgIpc) is 3.22. The summed E-state index contributed by atoms with van der Waals surface area (Å²) >= 11 is 5.20. The van der Waals surface area contributed by atoms with E-state index in [0.29, 0.717) is 5.56 Å². The van der Waals surface area contributed by atoms with Crippen molar-refractivity contribution in [2.75, 3.05) is 19.1 Å². The van der Waals surface area contributed by atoms with Crippen molar-refractivity contribution >= 4 is 33.6 Å². The maximum atomic E-state index is 12.9. The molecule has 0 aromatic heterocycles. The van der Waals surface area contributed by atoms with Crippen molar-refractivity contribution in [3.05, 3.63) is 58.1 Å². The van der Waals surface area contributed by atoms with Crippen LogP contribution in [0.1, 0.15) is 21.3 Å². The molecule has 2 heterocycles. The molecule has 1 amide bonds. The molecule has 1 unspecified atom stereocenters. The zero-order chi connectivity index (χ0) is 15.8. The number of fused-ring (bicyclic) bond motifs is 1. The molecule has 2 aliphatic rings. The third kappa shape index (κ3) is 2.81. The highest BCUT2D eigenvalue weighted by atomic mass is 79.9. The van der Waals surface area contributed by atoms with Crippen molar-refractivity contribution in [1.82, 2.24) is 4.90 Å². The Balaban J connectivity index is 1.63. The Morgan fingerprint density at radius 3 is 2.91 bits per heavy atom. The van der Waals surface area contributed by atoms with Crippen LogP contribution in [0.25, 0.3) is 0 Å². The molecule has 2 aromatic carbocycles. The normalized spacial score (nSPS) is 19.2. The molecule has 0 radical (unpaired) electrons. The Morgan fingerprint density at radius 2 is 2.04 bits per heavy atom. The number of benzene rings is 2. The van der Waals surface area contributed by atoms with Crippen molar-refractivity contribution in [2.24, 2.45) is 0 Å². The van der Waals surface area contributed by atoms with Crippen molar-refractivity contribution in [3.63, 3.8) is 0 Å². The van der Waals surface area contributed by atoms with Crippen LogP contribution in [0.5, 0.6) is 11.5 Å². The van der Waals surface area contributed by atoms with Gasteiger partial charge in [-0.05, 0) is 35.9 Å². The van der Waals surface area contributed by atoms with Crippen LogP contribution < -0.4 is 9.47 Å². The standard InChI is InChI=1S/C17H14BrNO3S/c18-13-3-1-2-11(8-13)16(20)19-6-7-23-17(19)12-4-5-14-15(9-12)22-10-21-14/h1-5,8-9,17H,6-7,10H2. The van der Waals surface area contributed by atoms with E-state index in [2.05, 4.69) is 15.9 Å². The van der Waals surface area contributed by atoms with E-state index in [0.717, 1.165) is 33.8 Å². The van der Waals surface area contributed by atoms with Gasteiger partial charge in [-0.3, -0.25) is 4.79 Å². The second kappa shape index (κ2) is 6.09. The fourth-order valence-corrected chi connectivity index (χ4v) is 4.45. The van der Waals surface area contributed by atoms with Gasteiger partial charge in [0.05, 0.1) is 0 Å². The third-order valence-corrected chi connectivity index (χ3v) is 5.66. The Hall–Kier alpha value is -1.66. The lowest BCUT2D eigenvalue weighted by atomic mass is 10.1. The highest BCUT2D eigenvalue weighted by molar-refractivity contribution is 9.10. The number of halogens is 1. The van der Waals surface area contributed by atoms with Crippen molar-refractivity contribution in [3.8, 4) is 11.5 Å². The van der Waals surface area contributed by atoms with Crippen molar-refractivity contribution in [1.29, 1.82) is 0 Å². The SMILES string of the molecule is O=C(c1cccc(Br)c1)N1CCSC1c1ccc2c(c1)OCO2. The van der Waals surface area contributed by atoms with E-state index in [-0.39, 0.29) is 18.1 Å². The first-order valence-corrected chi connectivity index (χ1v) is 9.14. The molecule has 1 fully saturated rings. The Kier molecular flexibility index (Phi) is 3.95. The highest BCUT2D eigenvalue weighted by Crippen LogP contribution is 2.42. The molecule has 0 saturated carbocycles. The number of amides is 1. The average molecular weight is 392 g/mol. The van der Waals surface area contributed by atoms with Gasteiger partial charge in [0.25, 0.3) is 5.91 Å². The number of carbonyl (C=O) groups is 1. The Morgan fingerprint density at radius 1 is 1.17 bits per heavy atom. The smallest absolute Gasteiger partial charge is 0.255 e. The monoisotopic (exact) mass is 391 g/mol. The topological polar surface area (TPSA) is 38.8 Å². The number of rotatable bonds is 2. The molecule has 2 aromatic rings. The summed E-state index contributed by atoms with van der Waals surface area (Å²) in [6.07, 6.45) is 0. The van der Waals surface area contributed by atoms with Crippen LogP contribution in [0, 0.1) is 0 Å². The van der Waals surface area contributed by atoms with E-state index >= 15 is 0 Å². The van der Waals surface area contributed by atoms with E-state index in [1.807, 2.05) is 47.4 Å². The summed E-state index contributed by atoms with van der Waals surface area (Å²) in [5, 5.41) is 0.0102.